The fraction of sp³-hybridized carbons (Fsp3) is 0.231. The van der Waals surface area contributed by atoms with Crippen molar-refractivity contribution in [2.45, 2.75) is 13.0 Å². The van der Waals surface area contributed by atoms with Crippen LogP contribution in [-0.2, 0) is 13.0 Å². The first-order valence-electron chi connectivity index (χ1n) is 5.22. The van der Waals surface area contributed by atoms with Crippen LogP contribution in [0.25, 0.3) is 0 Å². The Hall–Kier alpha value is -1.54. The summed E-state index contributed by atoms with van der Waals surface area (Å²) in [5.41, 5.74) is 4.03. The standard InChI is InChI=1S/C13H16N2/c1-14-9-12-4-2-3-11(7-12)8-13-5-6-15-10-13/h2-7,10,14-15H,8-9H2,1H3. The average molecular weight is 200 g/mol. The zero-order valence-corrected chi connectivity index (χ0v) is 8.96. The molecule has 0 radical (unpaired) electrons. The number of rotatable bonds is 4. The first-order chi connectivity index (χ1) is 7.38. The van der Waals surface area contributed by atoms with Crippen LogP contribution >= 0.6 is 0 Å². The van der Waals surface area contributed by atoms with Crippen molar-refractivity contribution in [3.8, 4) is 0 Å². The second kappa shape index (κ2) is 4.80. The van der Waals surface area contributed by atoms with E-state index in [0.29, 0.717) is 0 Å². The van der Waals surface area contributed by atoms with Crippen molar-refractivity contribution in [2.24, 2.45) is 0 Å². The summed E-state index contributed by atoms with van der Waals surface area (Å²) < 4.78 is 0. The van der Waals surface area contributed by atoms with Crippen molar-refractivity contribution >= 4 is 0 Å². The van der Waals surface area contributed by atoms with E-state index in [1.165, 1.54) is 16.7 Å². The van der Waals surface area contributed by atoms with Crippen molar-refractivity contribution in [3.05, 3.63) is 59.4 Å². The van der Waals surface area contributed by atoms with Gasteiger partial charge in [0.1, 0.15) is 0 Å². The Bertz CT molecular complexity index is 404. The molecule has 0 spiro atoms. The largest absolute Gasteiger partial charge is 0.367 e. The normalized spacial score (nSPS) is 10.5. The number of hydrogen-bond acceptors (Lipinski definition) is 1. The molecule has 1 aromatic carbocycles. The minimum absolute atomic E-state index is 0.932. The maximum atomic E-state index is 3.16. The molecule has 0 aliphatic carbocycles. The summed E-state index contributed by atoms with van der Waals surface area (Å²) in [5, 5.41) is 3.16. The lowest BCUT2D eigenvalue weighted by Gasteiger charge is -2.03. The molecule has 0 unspecified atom stereocenters. The zero-order chi connectivity index (χ0) is 10.5. The lowest BCUT2D eigenvalue weighted by molar-refractivity contribution is 0.816. The van der Waals surface area contributed by atoms with Crippen LogP contribution in [0.2, 0.25) is 0 Å². The molecule has 2 heteroatoms. The fourth-order valence-electron chi connectivity index (χ4n) is 1.76. The number of hydrogen-bond donors (Lipinski definition) is 2. The molecule has 0 fully saturated rings. The van der Waals surface area contributed by atoms with Crippen LogP contribution in [0.5, 0.6) is 0 Å². The third-order valence-electron chi connectivity index (χ3n) is 2.44. The zero-order valence-electron chi connectivity index (χ0n) is 8.96. The van der Waals surface area contributed by atoms with Gasteiger partial charge in [-0.25, -0.2) is 0 Å². The molecule has 15 heavy (non-hydrogen) atoms. The summed E-state index contributed by atoms with van der Waals surface area (Å²) in [5.74, 6) is 0. The molecule has 0 bridgehead atoms. The van der Waals surface area contributed by atoms with Crippen LogP contribution in [0.3, 0.4) is 0 Å². The predicted octanol–water partition coefficient (Wildman–Crippen LogP) is 2.32. The number of nitrogens with one attached hydrogen (secondary N) is 2. The van der Waals surface area contributed by atoms with Gasteiger partial charge in [0, 0.05) is 18.9 Å². The molecule has 0 amide bonds. The molecule has 0 aliphatic heterocycles. The molecule has 2 aromatic rings. The monoisotopic (exact) mass is 200 g/mol. The van der Waals surface area contributed by atoms with E-state index in [0.717, 1.165) is 13.0 Å². The van der Waals surface area contributed by atoms with Crippen LogP contribution in [0, 0.1) is 0 Å². The van der Waals surface area contributed by atoms with Gasteiger partial charge >= 0.3 is 0 Å². The molecule has 2 N–H and O–H groups in total. The molecule has 0 saturated carbocycles. The molecular weight excluding hydrogens is 184 g/mol. The molecule has 2 rings (SSSR count). The van der Waals surface area contributed by atoms with Gasteiger partial charge in [0.15, 0.2) is 0 Å². The van der Waals surface area contributed by atoms with Gasteiger partial charge in [-0.1, -0.05) is 24.3 Å². The Morgan fingerprint density at radius 2 is 2.00 bits per heavy atom. The smallest absolute Gasteiger partial charge is 0.0202 e. The van der Waals surface area contributed by atoms with Crippen molar-refractivity contribution in [1.82, 2.24) is 10.3 Å². The first kappa shape index (κ1) is 9.99. The van der Waals surface area contributed by atoms with Gasteiger partial charge in [-0.05, 0) is 36.2 Å². The lowest BCUT2D eigenvalue weighted by Crippen LogP contribution is -2.05. The van der Waals surface area contributed by atoms with Crippen LogP contribution in [0.4, 0.5) is 0 Å². The summed E-state index contributed by atoms with van der Waals surface area (Å²) in [6, 6.07) is 10.8. The second-order valence-corrected chi connectivity index (χ2v) is 3.75. The molecule has 0 saturated heterocycles. The Kier molecular flexibility index (Phi) is 3.20. The van der Waals surface area contributed by atoms with Crippen LogP contribution in [-0.4, -0.2) is 12.0 Å². The van der Waals surface area contributed by atoms with Gasteiger partial charge in [-0.15, -0.1) is 0 Å². The van der Waals surface area contributed by atoms with E-state index in [1.54, 1.807) is 0 Å². The summed E-state index contributed by atoms with van der Waals surface area (Å²) in [6.07, 6.45) is 5.01. The number of aromatic amines is 1. The van der Waals surface area contributed by atoms with Gasteiger partial charge in [-0.2, -0.15) is 0 Å². The van der Waals surface area contributed by atoms with E-state index in [2.05, 4.69) is 40.6 Å². The SMILES string of the molecule is CNCc1cccc(Cc2cc[nH]c2)c1. The summed E-state index contributed by atoms with van der Waals surface area (Å²) in [7, 11) is 1.97. The molecule has 0 atom stereocenters. The van der Waals surface area contributed by atoms with E-state index in [-0.39, 0.29) is 0 Å². The van der Waals surface area contributed by atoms with Gasteiger partial charge < -0.3 is 10.3 Å². The maximum Gasteiger partial charge on any atom is 0.0202 e. The Morgan fingerprint density at radius 3 is 2.73 bits per heavy atom. The Morgan fingerprint density at radius 1 is 1.13 bits per heavy atom. The van der Waals surface area contributed by atoms with E-state index in [4.69, 9.17) is 0 Å². The minimum atomic E-state index is 0.932. The maximum absolute atomic E-state index is 3.16. The van der Waals surface area contributed by atoms with E-state index in [1.807, 2.05) is 19.4 Å². The number of benzene rings is 1. The molecule has 1 heterocycles. The van der Waals surface area contributed by atoms with E-state index < -0.39 is 0 Å². The Balaban J connectivity index is 2.11. The third-order valence-corrected chi connectivity index (χ3v) is 2.44. The molecule has 2 nitrogen and oxygen atoms in total. The highest BCUT2D eigenvalue weighted by Gasteiger charge is 1.97. The minimum Gasteiger partial charge on any atom is -0.367 e. The Labute approximate surface area is 90.3 Å². The van der Waals surface area contributed by atoms with E-state index >= 15 is 0 Å². The molecular formula is C13H16N2. The fourth-order valence-corrected chi connectivity index (χ4v) is 1.76. The summed E-state index contributed by atoms with van der Waals surface area (Å²) in [6.45, 7) is 0.932. The van der Waals surface area contributed by atoms with Gasteiger partial charge in [0.05, 0.1) is 0 Å². The number of aromatic nitrogens is 1. The highest BCUT2D eigenvalue weighted by Crippen LogP contribution is 2.10. The second-order valence-electron chi connectivity index (χ2n) is 3.75. The topological polar surface area (TPSA) is 27.8 Å². The van der Waals surface area contributed by atoms with Gasteiger partial charge in [0.25, 0.3) is 0 Å². The van der Waals surface area contributed by atoms with Crippen molar-refractivity contribution < 1.29 is 0 Å². The summed E-state index contributed by atoms with van der Waals surface area (Å²) in [4.78, 5) is 3.08. The van der Waals surface area contributed by atoms with Crippen LogP contribution < -0.4 is 5.32 Å². The van der Waals surface area contributed by atoms with Crippen LogP contribution in [0.1, 0.15) is 16.7 Å². The van der Waals surface area contributed by atoms with Gasteiger partial charge in [-0.3, -0.25) is 0 Å². The predicted molar refractivity (Wildman–Crippen MR) is 62.8 cm³/mol. The molecule has 0 aliphatic rings. The van der Waals surface area contributed by atoms with Crippen molar-refractivity contribution in [3.63, 3.8) is 0 Å². The first-order valence-corrected chi connectivity index (χ1v) is 5.22. The highest BCUT2D eigenvalue weighted by atomic mass is 14.8. The summed E-state index contributed by atoms with van der Waals surface area (Å²) >= 11 is 0. The lowest BCUT2D eigenvalue weighted by atomic mass is 10.0. The number of H-pyrrole nitrogens is 1. The van der Waals surface area contributed by atoms with Crippen LogP contribution in [0.15, 0.2) is 42.7 Å². The van der Waals surface area contributed by atoms with Gasteiger partial charge in [0.2, 0.25) is 0 Å². The van der Waals surface area contributed by atoms with E-state index in [9.17, 15) is 0 Å². The van der Waals surface area contributed by atoms with Crippen molar-refractivity contribution in [1.29, 1.82) is 0 Å². The third kappa shape index (κ3) is 2.70. The molecule has 78 valence electrons. The van der Waals surface area contributed by atoms with Crippen molar-refractivity contribution in [2.75, 3.05) is 7.05 Å². The molecule has 1 aromatic heterocycles. The highest BCUT2D eigenvalue weighted by molar-refractivity contribution is 5.28. The quantitative estimate of drug-likeness (QED) is 0.779. The average Bonchev–Trinajstić information content (AvgIpc) is 2.71.